The average molecular weight is 210 g/mol. The number of aryl methyl sites for hydroxylation is 1. The van der Waals surface area contributed by atoms with Crippen molar-refractivity contribution in [3.8, 4) is 0 Å². The van der Waals surface area contributed by atoms with Crippen molar-refractivity contribution in [3.05, 3.63) is 33.8 Å². The van der Waals surface area contributed by atoms with E-state index in [1.807, 2.05) is 24.4 Å². The van der Waals surface area contributed by atoms with Gasteiger partial charge in [-0.05, 0) is 18.4 Å². The first-order chi connectivity index (χ1) is 6.77. The van der Waals surface area contributed by atoms with Crippen LogP contribution >= 0.6 is 11.3 Å². The number of hydrogen-bond acceptors (Lipinski definition) is 5. The highest BCUT2D eigenvalue weighted by atomic mass is 32.1. The third-order valence-corrected chi connectivity index (χ3v) is 2.98. The smallest absolute Gasteiger partial charge is 0.111 e. The zero-order chi connectivity index (χ0) is 9.97. The van der Waals surface area contributed by atoms with Gasteiger partial charge in [0, 0.05) is 11.3 Å². The molecule has 1 N–H and O–H groups in total. The van der Waals surface area contributed by atoms with E-state index in [0.717, 1.165) is 10.6 Å². The summed E-state index contributed by atoms with van der Waals surface area (Å²) < 4.78 is 4.56. The number of hydrogen-bond donors (Lipinski definition) is 1. The minimum atomic E-state index is -0.513. The van der Waals surface area contributed by atoms with Gasteiger partial charge in [0.15, 0.2) is 0 Å². The molecule has 5 heteroatoms. The molecule has 2 aromatic heterocycles. The fourth-order valence-corrected chi connectivity index (χ4v) is 1.91. The van der Waals surface area contributed by atoms with Crippen molar-refractivity contribution in [2.24, 2.45) is 0 Å². The van der Waals surface area contributed by atoms with E-state index in [1.54, 1.807) is 0 Å². The molecular formula is C9H10N2O2S. The maximum Gasteiger partial charge on any atom is 0.111 e. The van der Waals surface area contributed by atoms with Gasteiger partial charge in [0.1, 0.15) is 11.4 Å². The van der Waals surface area contributed by atoms with Crippen LogP contribution in [0.1, 0.15) is 22.4 Å². The molecule has 0 saturated carbocycles. The van der Waals surface area contributed by atoms with Gasteiger partial charge in [-0.1, -0.05) is 16.4 Å². The van der Waals surface area contributed by atoms with Crippen LogP contribution in [0, 0.1) is 6.92 Å². The normalized spacial score (nSPS) is 13.0. The second-order valence-electron chi connectivity index (χ2n) is 3.03. The number of aromatic nitrogens is 2. The summed E-state index contributed by atoms with van der Waals surface area (Å²) in [6.45, 7) is 1.81. The maximum atomic E-state index is 9.81. The Labute approximate surface area is 85.2 Å². The van der Waals surface area contributed by atoms with Crippen molar-refractivity contribution in [3.63, 3.8) is 0 Å². The molecule has 0 radical (unpaired) electrons. The standard InChI is InChI=1S/C9H10N2O2S/c1-6-7(11-13-10-6)5-8(12)9-3-2-4-14-9/h2-4,8,12H,5H2,1H3. The van der Waals surface area contributed by atoms with Gasteiger partial charge in [-0.2, -0.15) is 0 Å². The third kappa shape index (κ3) is 1.83. The Balaban J connectivity index is 2.09. The van der Waals surface area contributed by atoms with Gasteiger partial charge in [-0.3, -0.25) is 0 Å². The average Bonchev–Trinajstić information content (AvgIpc) is 2.77. The molecule has 0 aliphatic rings. The fourth-order valence-electron chi connectivity index (χ4n) is 1.20. The van der Waals surface area contributed by atoms with Gasteiger partial charge in [0.05, 0.1) is 6.10 Å². The van der Waals surface area contributed by atoms with E-state index in [0.29, 0.717) is 12.1 Å². The minimum absolute atomic E-state index is 0.454. The fraction of sp³-hybridized carbons (Fsp3) is 0.333. The molecule has 0 aliphatic heterocycles. The zero-order valence-corrected chi connectivity index (χ0v) is 8.49. The summed E-state index contributed by atoms with van der Waals surface area (Å²) in [5, 5.41) is 19.1. The second kappa shape index (κ2) is 3.89. The van der Waals surface area contributed by atoms with Gasteiger partial charge in [-0.25, -0.2) is 4.63 Å². The van der Waals surface area contributed by atoms with Gasteiger partial charge in [0.25, 0.3) is 0 Å². The molecule has 74 valence electrons. The van der Waals surface area contributed by atoms with Gasteiger partial charge >= 0.3 is 0 Å². The Morgan fingerprint density at radius 2 is 2.43 bits per heavy atom. The first-order valence-corrected chi connectivity index (χ1v) is 5.15. The Morgan fingerprint density at radius 1 is 1.57 bits per heavy atom. The van der Waals surface area contributed by atoms with Crippen molar-refractivity contribution in [1.29, 1.82) is 0 Å². The van der Waals surface area contributed by atoms with Crippen LogP contribution in [0.4, 0.5) is 0 Å². The summed E-state index contributed by atoms with van der Waals surface area (Å²) in [5.41, 5.74) is 1.45. The van der Waals surface area contributed by atoms with Crippen molar-refractivity contribution in [2.75, 3.05) is 0 Å². The molecule has 0 spiro atoms. The molecular weight excluding hydrogens is 200 g/mol. The molecule has 0 aliphatic carbocycles. The predicted molar refractivity (Wildman–Crippen MR) is 52.0 cm³/mol. The summed E-state index contributed by atoms with van der Waals surface area (Å²) in [5.74, 6) is 0. The van der Waals surface area contributed by atoms with Crippen LogP contribution in [0.25, 0.3) is 0 Å². The molecule has 0 fully saturated rings. The molecule has 0 bridgehead atoms. The zero-order valence-electron chi connectivity index (χ0n) is 7.67. The number of nitrogens with zero attached hydrogens (tertiary/aromatic N) is 2. The molecule has 1 unspecified atom stereocenters. The first kappa shape index (κ1) is 9.36. The summed E-state index contributed by atoms with van der Waals surface area (Å²) in [6, 6.07) is 3.81. The van der Waals surface area contributed by atoms with Crippen LogP contribution in [0.15, 0.2) is 22.1 Å². The van der Waals surface area contributed by atoms with E-state index in [2.05, 4.69) is 14.9 Å². The molecule has 1 atom stereocenters. The van der Waals surface area contributed by atoms with E-state index in [4.69, 9.17) is 0 Å². The van der Waals surface area contributed by atoms with E-state index in [9.17, 15) is 5.11 Å². The largest absolute Gasteiger partial charge is 0.387 e. The Bertz CT molecular complexity index is 397. The molecule has 4 nitrogen and oxygen atoms in total. The van der Waals surface area contributed by atoms with Crippen molar-refractivity contribution < 1.29 is 9.74 Å². The third-order valence-electron chi connectivity index (χ3n) is 2.00. The lowest BCUT2D eigenvalue weighted by Crippen LogP contribution is -2.01. The summed E-state index contributed by atoms with van der Waals surface area (Å²) in [7, 11) is 0. The topological polar surface area (TPSA) is 59.2 Å². The Morgan fingerprint density at radius 3 is 3.00 bits per heavy atom. The van der Waals surface area contributed by atoms with Crippen LogP contribution in [0.3, 0.4) is 0 Å². The highest BCUT2D eigenvalue weighted by Gasteiger charge is 2.14. The van der Waals surface area contributed by atoms with Gasteiger partial charge in [-0.15, -0.1) is 11.3 Å². The molecule has 2 aromatic rings. The summed E-state index contributed by atoms with van der Waals surface area (Å²) in [6.07, 6.45) is -0.0591. The molecule has 2 heterocycles. The number of aliphatic hydroxyl groups is 1. The van der Waals surface area contributed by atoms with Crippen LogP contribution < -0.4 is 0 Å². The second-order valence-corrected chi connectivity index (χ2v) is 4.01. The molecule has 14 heavy (non-hydrogen) atoms. The highest BCUT2D eigenvalue weighted by molar-refractivity contribution is 7.10. The highest BCUT2D eigenvalue weighted by Crippen LogP contribution is 2.22. The molecule has 0 aromatic carbocycles. The maximum absolute atomic E-state index is 9.81. The monoisotopic (exact) mass is 210 g/mol. The van der Waals surface area contributed by atoms with Gasteiger partial charge in [0.2, 0.25) is 0 Å². The molecule has 0 amide bonds. The number of rotatable bonds is 3. The minimum Gasteiger partial charge on any atom is -0.387 e. The SMILES string of the molecule is Cc1nonc1CC(O)c1cccs1. The molecule has 2 rings (SSSR count). The lowest BCUT2D eigenvalue weighted by molar-refractivity contribution is 0.178. The summed E-state index contributed by atoms with van der Waals surface area (Å²) in [4.78, 5) is 0.937. The molecule has 0 saturated heterocycles. The van der Waals surface area contributed by atoms with E-state index < -0.39 is 6.10 Å². The van der Waals surface area contributed by atoms with Gasteiger partial charge < -0.3 is 5.11 Å². The van der Waals surface area contributed by atoms with Crippen molar-refractivity contribution in [1.82, 2.24) is 10.3 Å². The Hall–Kier alpha value is -1.20. The lowest BCUT2D eigenvalue weighted by atomic mass is 10.1. The van der Waals surface area contributed by atoms with Crippen LogP contribution in [-0.4, -0.2) is 15.4 Å². The van der Waals surface area contributed by atoms with E-state index >= 15 is 0 Å². The predicted octanol–water partition coefficient (Wildman–Crippen LogP) is 1.72. The summed E-state index contributed by atoms with van der Waals surface area (Å²) >= 11 is 1.53. The Kier molecular flexibility index (Phi) is 2.60. The lowest BCUT2D eigenvalue weighted by Gasteiger charge is -2.04. The van der Waals surface area contributed by atoms with Crippen molar-refractivity contribution in [2.45, 2.75) is 19.4 Å². The van der Waals surface area contributed by atoms with Crippen LogP contribution in [0.5, 0.6) is 0 Å². The van der Waals surface area contributed by atoms with Crippen LogP contribution in [0.2, 0.25) is 0 Å². The number of thiophene rings is 1. The van der Waals surface area contributed by atoms with Crippen LogP contribution in [-0.2, 0) is 6.42 Å². The van der Waals surface area contributed by atoms with Crippen molar-refractivity contribution >= 4 is 11.3 Å². The quantitative estimate of drug-likeness (QED) is 0.837. The number of aliphatic hydroxyl groups excluding tert-OH is 1. The van der Waals surface area contributed by atoms with E-state index in [1.165, 1.54) is 11.3 Å². The van der Waals surface area contributed by atoms with E-state index in [-0.39, 0.29) is 0 Å². The first-order valence-electron chi connectivity index (χ1n) is 4.27.